The van der Waals surface area contributed by atoms with Gasteiger partial charge in [0, 0.05) is 35.4 Å². The third-order valence-corrected chi connectivity index (χ3v) is 6.81. The van der Waals surface area contributed by atoms with Crippen LogP contribution in [0.2, 0.25) is 0 Å². The van der Waals surface area contributed by atoms with E-state index in [1.807, 2.05) is 12.1 Å². The zero-order valence-corrected chi connectivity index (χ0v) is 25.4. The summed E-state index contributed by atoms with van der Waals surface area (Å²) in [6, 6.07) is 18.5. The maximum Gasteiger partial charge on any atom is 1.00 e. The molecule has 40 heavy (non-hydrogen) atoms. The third-order valence-electron chi connectivity index (χ3n) is 5.96. The van der Waals surface area contributed by atoms with Gasteiger partial charge in [-0.05, 0) is 85.5 Å². The number of aromatic hydroxyl groups is 1. The van der Waals surface area contributed by atoms with Crippen LogP contribution in [0.5, 0.6) is 11.5 Å². The Hall–Kier alpha value is -3.48. The molecule has 202 valence electrons. The molecular weight excluding hydrogens is 543 g/mol. The minimum absolute atomic E-state index is 0. The Kier molecular flexibility index (Phi) is 10.3. The molecule has 12 heteroatoms. The van der Waals surface area contributed by atoms with E-state index < -0.39 is 26.5 Å². The van der Waals surface area contributed by atoms with E-state index in [0.717, 1.165) is 11.4 Å². The number of nitrogens with zero attached hydrogens (tertiary/aromatic N) is 2. The molecule has 10 nitrogen and oxygen atoms in total. The van der Waals surface area contributed by atoms with Crippen LogP contribution < -0.4 is 44.9 Å². The largest absolute Gasteiger partial charge is 1.00 e. The average molecular weight is 571 g/mol. The maximum absolute atomic E-state index is 12.1. The summed E-state index contributed by atoms with van der Waals surface area (Å²) in [5.41, 5.74) is 2.85. The third kappa shape index (κ3) is 7.58. The Bertz CT molecular complexity index is 1680. The second kappa shape index (κ2) is 13.2. The first-order valence-corrected chi connectivity index (χ1v) is 13.4. The summed E-state index contributed by atoms with van der Waals surface area (Å²) in [4.78, 5) is 10.5. The Morgan fingerprint density at radius 1 is 0.975 bits per heavy atom. The smallest absolute Gasteiger partial charge is 0.744 e. The zero-order valence-electron chi connectivity index (χ0n) is 22.6. The number of carbonyl (C=O) groups is 1. The summed E-state index contributed by atoms with van der Waals surface area (Å²) in [7, 11) is -3.40. The number of carbonyl (C=O) groups excluding carboxylic acids is 1. The van der Waals surface area contributed by atoms with E-state index in [-0.39, 0.29) is 40.7 Å². The number of benzene rings is 4. The van der Waals surface area contributed by atoms with Crippen LogP contribution in [0, 0.1) is 6.92 Å². The fraction of sp³-hybridized carbons (Fsp3) is 0.179. The van der Waals surface area contributed by atoms with Crippen LogP contribution in [0.4, 0.5) is 28.4 Å². The second-order valence-electron chi connectivity index (χ2n) is 8.90. The summed E-state index contributed by atoms with van der Waals surface area (Å²) in [5, 5.41) is 26.1. The Labute approximate surface area is 254 Å². The molecule has 0 atom stereocenters. The van der Waals surface area contributed by atoms with E-state index in [1.54, 1.807) is 62.6 Å². The van der Waals surface area contributed by atoms with Gasteiger partial charge in [0.15, 0.2) is 5.75 Å². The first kappa shape index (κ1) is 31.1. The second-order valence-corrected chi connectivity index (χ2v) is 10.2. The van der Waals surface area contributed by atoms with Crippen LogP contribution in [0.3, 0.4) is 0 Å². The number of hydrogen-bond acceptors (Lipinski definition) is 10. The van der Waals surface area contributed by atoms with Gasteiger partial charge in [0.25, 0.3) is 0 Å². The molecule has 0 fully saturated rings. The van der Waals surface area contributed by atoms with Gasteiger partial charge < -0.3 is 25.0 Å². The number of phenolic OH excluding ortho intramolecular Hbond substituents is 1. The van der Waals surface area contributed by atoms with Gasteiger partial charge in [-0.3, -0.25) is 4.79 Å². The van der Waals surface area contributed by atoms with Crippen molar-refractivity contribution >= 4 is 55.1 Å². The minimum atomic E-state index is -4.98. The number of phenols is 1. The van der Waals surface area contributed by atoms with Gasteiger partial charge in [-0.1, -0.05) is 6.07 Å². The summed E-state index contributed by atoms with van der Waals surface area (Å²) in [6.45, 7) is 3.79. The van der Waals surface area contributed by atoms with Crippen LogP contribution in [0.25, 0.3) is 10.8 Å². The molecule has 0 radical (unpaired) electrons. The van der Waals surface area contributed by atoms with Gasteiger partial charge in [0.05, 0.1) is 17.7 Å². The zero-order chi connectivity index (χ0) is 28.2. The van der Waals surface area contributed by atoms with E-state index in [1.165, 1.54) is 13.0 Å². The SMILES string of the molecule is COc1ccc(Nc2ccc3cc(S(=O)(=O)[O-])c(N=Nc4ccc(NCCC(C)=O)cc4C)c(O)c3c2)cc1.[Na+]. The molecule has 4 rings (SSSR count). The molecule has 0 aromatic heterocycles. The van der Waals surface area contributed by atoms with Crippen LogP contribution in [0.15, 0.2) is 81.9 Å². The van der Waals surface area contributed by atoms with Gasteiger partial charge in [-0.15, -0.1) is 5.11 Å². The van der Waals surface area contributed by atoms with Crippen molar-refractivity contribution in [3.8, 4) is 11.5 Å². The summed E-state index contributed by atoms with van der Waals surface area (Å²) in [6.07, 6.45) is 0.394. The predicted octanol–water partition coefficient (Wildman–Crippen LogP) is 3.32. The number of rotatable bonds is 10. The van der Waals surface area contributed by atoms with E-state index >= 15 is 0 Å². The number of hydrogen-bond donors (Lipinski definition) is 3. The topological polar surface area (TPSA) is 153 Å². The number of nitrogens with one attached hydrogen (secondary N) is 2. The monoisotopic (exact) mass is 570 g/mol. The van der Waals surface area contributed by atoms with Crippen molar-refractivity contribution < 1.29 is 57.2 Å². The van der Waals surface area contributed by atoms with Crippen LogP contribution in [0.1, 0.15) is 18.9 Å². The van der Waals surface area contributed by atoms with Crippen molar-refractivity contribution in [3.63, 3.8) is 0 Å². The molecule has 0 spiro atoms. The molecule has 0 bridgehead atoms. The molecule has 3 N–H and O–H groups in total. The van der Waals surface area contributed by atoms with Gasteiger partial charge in [0.2, 0.25) is 0 Å². The number of methoxy groups -OCH3 is 1. The van der Waals surface area contributed by atoms with Crippen molar-refractivity contribution in [2.75, 3.05) is 24.3 Å². The Balaban J connectivity index is 0.00000441. The fourth-order valence-electron chi connectivity index (χ4n) is 3.91. The molecule has 0 aliphatic rings. The normalized spacial score (nSPS) is 11.3. The fourth-order valence-corrected chi connectivity index (χ4v) is 4.56. The maximum atomic E-state index is 12.1. The van der Waals surface area contributed by atoms with Gasteiger partial charge in [-0.25, -0.2) is 8.42 Å². The molecule has 0 aliphatic carbocycles. The average Bonchev–Trinajstić information content (AvgIpc) is 2.89. The number of ether oxygens (including phenoxy) is 1. The van der Waals surface area contributed by atoms with E-state index in [0.29, 0.717) is 41.0 Å². The first-order chi connectivity index (χ1) is 18.5. The van der Waals surface area contributed by atoms with Crippen molar-refractivity contribution in [1.82, 2.24) is 0 Å². The molecule has 4 aromatic carbocycles. The standard InChI is InChI=1S/C28H28N4O6S.Na/c1-17-14-21(29-13-12-18(2)33)8-11-25(17)31-32-27-26(39(35,36)37)15-19-4-5-22(16-24(19)28(27)34)30-20-6-9-23(38-3)10-7-20;/h4-11,14-16,29-30,34H,12-13H2,1-3H3,(H,35,36,37);/q;+1/p-1. The van der Waals surface area contributed by atoms with Crippen LogP contribution in [-0.4, -0.2) is 37.5 Å². The molecule has 0 unspecified atom stereocenters. The van der Waals surface area contributed by atoms with Crippen molar-refractivity contribution in [2.45, 2.75) is 25.2 Å². The van der Waals surface area contributed by atoms with E-state index in [4.69, 9.17) is 4.74 Å². The predicted molar refractivity (Wildman–Crippen MR) is 149 cm³/mol. The van der Waals surface area contributed by atoms with Crippen LogP contribution in [-0.2, 0) is 14.9 Å². The molecular formula is C28H27N4NaO6S. The van der Waals surface area contributed by atoms with Crippen molar-refractivity contribution in [2.24, 2.45) is 10.2 Å². The molecule has 0 saturated carbocycles. The number of anilines is 3. The molecule has 0 aliphatic heterocycles. The first-order valence-electron chi connectivity index (χ1n) is 12.0. The number of aryl methyl sites for hydroxylation is 1. The molecule has 0 saturated heterocycles. The van der Waals surface area contributed by atoms with Gasteiger partial charge in [0.1, 0.15) is 27.3 Å². The Morgan fingerprint density at radius 3 is 2.27 bits per heavy atom. The quantitative estimate of drug-likeness (QED) is 0.149. The minimum Gasteiger partial charge on any atom is -0.744 e. The van der Waals surface area contributed by atoms with Crippen molar-refractivity contribution in [3.05, 3.63) is 72.3 Å². The van der Waals surface area contributed by atoms with Gasteiger partial charge >= 0.3 is 29.6 Å². The summed E-state index contributed by atoms with van der Waals surface area (Å²) in [5.74, 6) is 0.295. The number of Topliss-reactive ketones (excluding diaryl/α,β-unsaturated/α-hetero) is 1. The summed E-state index contributed by atoms with van der Waals surface area (Å²) < 4.78 is 41.3. The van der Waals surface area contributed by atoms with E-state index in [2.05, 4.69) is 20.9 Å². The van der Waals surface area contributed by atoms with Crippen LogP contribution >= 0.6 is 0 Å². The molecule has 0 heterocycles. The Morgan fingerprint density at radius 2 is 1.65 bits per heavy atom. The summed E-state index contributed by atoms with van der Waals surface area (Å²) >= 11 is 0. The van der Waals surface area contributed by atoms with Gasteiger partial charge in [-0.2, -0.15) is 5.11 Å². The number of fused-ring (bicyclic) bond motifs is 1. The number of azo groups is 1. The van der Waals surface area contributed by atoms with Crippen molar-refractivity contribution in [1.29, 1.82) is 0 Å². The number of ketones is 1. The molecule has 0 amide bonds. The van der Waals surface area contributed by atoms with E-state index in [9.17, 15) is 22.9 Å². The molecule has 4 aromatic rings.